The van der Waals surface area contributed by atoms with E-state index in [4.69, 9.17) is 0 Å². The van der Waals surface area contributed by atoms with Crippen molar-refractivity contribution in [1.82, 2.24) is 10.3 Å². The Hall–Kier alpha value is -2.15. The molecule has 1 aromatic rings. The number of pyridine rings is 1. The van der Waals surface area contributed by atoms with Crippen molar-refractivity contribution < 1.29 is 19.8 Å². The van der Waals surface area contributed by atoms with Gasteiger partial charge >= 0.3 is 5.97 Å². The molecule has 1 saturated heterocycles. The third-order valence-electron chi connectivity index (χ3n) is 3.21. The summed E-state index contributed by atoms with van der Waals surface area (Å²) >= 11 is 0. The molecule has 0 spiro atoms. The number of carbonyl (C=O) groups excluding carboxylic acids is 1. The standard InChI is InChI=1S/C13H17N3O4/c1-2-14-12(18)10-5-8(3-4-15-10)16-7-9(17)6-11(16)13(19)20/h3-5,9,11,17H,2,6-7H2,1H3,(H,14,18)(H,19,20). The molecule has 108 valence electrons. The van der Waals surface area contributed by atoms with E-state index in [0.717, 1.165) is 0 Å². The lowest BCUT2D eigenvalue weighted by Gasteiger charge is -2.23. The molecular weight excluding hydrogens is 262 g/mol. The Kier molecular flexibility index (Phi) is 4.19. The van der Waals surface area contributed by atoms with Gasteiger partial charge in [-0.05, 0) is 19.1 Å². The number of aliphatic carboxylic acids is 1. The Labute approximate surface area is 116 Å². The number of aliphatic hydroxyl groups excluding tert-OH is 1. The molecule has 7 nitrogen and oxygen atoms in total. The van der Waals surface area contributed by atoms with Crippen molar-refractivity contribution in [2.75, 3.05) is 18.0 Å². The molecule has 0 aromatic carbocycles. The van der Waals surface area contributed by atoms with Crippen molar-refractivity contribution in [3.63, 3.8) is 0 Å². The number of carboxylic acid groups (broad SMARTS) is 1. The second-order valence-corrected chi connectivity index (χ2v) is 4.65. The zero-order valence-electron chi connectivity index (χ0n) is 11.1. The minimum Gasteiger partial charge on any atom is -0.480 e. The van der Waals surface area contributed by atoms with Crippen LogP contribution in [0.2, 0.25) is 0 Å². The summed E-state index contributed by atoms with van der Waals surface area (Å²) in [5.41, 5.74) is 0.806. The first-order chi connectivity index (χ1) is 9.52. The van der Waals surface area contributed by atoms with E-state index in [1.807, 2.05) is 0 Å². The Balaban J connectivity index is 2.26. The van der Waals surface area contributed by atoms with Crippen LogP contribution in [-0.2, 0) is 4.79 Å². The molecule has 1 aromatic heterocycles. The number of aromatic nitrogens is 1. The molecule has 2 atom stereocenters. The minimum absolute atomic E-state index is 0.175. The zero-order chi connectivity index (χ0) is 14.7. The highest BCUT2D eigenvalue weighted by molar-refractivity contribution is 5.93. The van der Waals surface area contributed by atoms with Gasteiger partial charge in [0.1, 0.15) is 11.7 Å². The smallest absolute Gasteiger partial charge is 0.326 e. The quantitative estimate of drug-likeness (QED) is 0.708. The summed E-state index contributed by atoms with van der Waals surface area (Å²) in [5, 5.41) is 21.5. The third kappa shape index (κ3) is 2.88. The zero-order valence-corrected chi connectivity index (χ0v) is 11.1. The van der Waals surface area contributed by atoms with Crippen LogP contribution in [0.4, 0.5) is 5.69 Å². The molecule has 0 saturated carbocycles. The molecule has 0 bridgehead atoms. The molecule has 0 aliphatic carbocycles. The molecule has 0 radical (unpaired) electrons. The molecule has 3 N–H and O–H groups in total. The highest BCUT2D eigenvalue weighted by atomic mass is 16.4. The normalized spacial score (nSPS) is 21.8. The summed E-state index contributed by atoms with van der Waals surface area (Å²) in [6.45, 7) is 2.53. The van der Waals surface area contributed by atoms with Gasteiger partial charge in [-0.25, -0.2) is 4.79 Å². The lowest BCUT2D eigenvalue weighted by Crippen LogP contribution is -2.36. The molecule has 1 amide bonds. The first-order valence-corrected chi connectivity index (χ1v) is 6.44. The fourth-order valence-corrected chi connectivity index (χ4v) is 2.31. The second kappa shape index (κ2) is 5.87. The van der Waals surface area contributed by atoms with Crippen molar-refractivity contribution in [3.8, 4) is 0 Å². The number of nitrogens with one attached hydrogen (secondary N) is 1. The minimum atomic E-state index is -0.988. The van der Waals surface area contributed by atoms with Crippen molar-refractivity contribution >= 4 is 17.6 Å². The van der Waals surface area contributed by atoms with Gasteiger partial charge in [-0.1, -0.05) is 0 Å². The molecular formula is C13H17N3O4. The number of aliphatic hydroxyl groups is 1. The summed E-state index contributed by atoms with van der Waals surface area (Å²) < 4.78 is 0. The summed E-state index contributed by atoms with van der Waals surface area (Å²) in [5.74, 6) is -1.29. The van der Waals surface area contributed by atoms with Gasteiger partial charge in [0.2, 0.25) is 0 Å². The van der Waals surface area contributed by atoms with Gasteiger partial charge in [0.25, 0.3) is 5.91 Å². The van der Waals surface area contributed by atoms with Crippen LogP contribution in [0.5, 0.6) is 0 Å². The van der Waals surface area contributed by atoms with Gasteiger partial charge in [0.15, 0.2) is 0 Å². The van der Waals surface area contributed by atoms with E-state index in [1.165, 1.54) is 6.20 Å². The fourth-order valence-electron chi connectivity index (χ4n) is 2.31. The number of amides is 1. The van der Waals surface area contributed by atoms with E-state index < -0.39 is 18.1 Å². The molecule has 2 unspecified atom stereocenters. The van der Waals surface area contributed by atoms with E-state index in [-0.39, 0.29) is 24.6 Å². The van der Waals surface area contributed by atoms with Gasteiger partial charge in [0.05, 0.1) is 6.10 Å². The van der Waals surface area contributed by atoms with E-state index in [2.05, 4.69) is 10.3 Å². The van der Waals surface area contributed by atoms with Crippen LogP contribution in [0.1, 0.15) is 23.8 Å². The Bertz CT molecular complexity index is 520. The summed E-state index contributed by atoms with van der Waals surface area (Å²) in [6, 6.07) is 2.39. The summed E-state index contributed by atoms with van der Waals surface area (Å²) in [7, 11) is 0. The number of hydrogen-bond donors (Lipinski definition) is 3. The fraction of sp³-hybridized carbons (Fsp3) is 0.462. The van der Waals surface area contributed by atoms with Crippen LogP contribution in [0.25, 0.3) is 0 Å². The van der Waals surface area contributed by atoms with Crippen molar-refractivity contribution in [3.05, 3.63) is 24.0 Å². The third-order valence-corrected chi connectivity index (χ3v) is 3.21. The first-order valence-electron chi connectivity index (χ1n) is 6.44. The number of nitrogens with zero attached hydrogens (tertiary/aromatic N) is 2. The van der Waals surface area contributed by atoms with Crippen LogP contribution < -0.4 is 10.2 Å². The number of carbonyl (C=O) groups is 2. The molecule has 1 aliphatic rings. The van der Waals surface area contributed by atoms with Crippen LogP contribution in [0.15, 0.2) is 18.3 Å². The number of rotatable bonds is 4. The topological polar surface area (TPSA) is 103 Å². The van der Waals surface area contributed by atoms with Gasteiger partial charge < -0.3 is 20.4 Å². The summed E-state index contributed by atoms with van der Waals surface area (Å²) in [6.07, 6.45) is 0.953. The van der Waals surface area contributed by atoms with Crippen LogP contribution >= 0.6 is 0 Å². The van der Waals surface area contributed by atoms with Gasteiger partial charge in [-0.3, -0.25) is 9.78 Å². The molecule has 20 heavy (non-hydrogen) atoms. The Morgan fingerprint density at radius 3 is 2.95 bits per heavy atom. The maximum Gasteiger partial charge on any atom is 0.326 e. The number of β-amino-alcohol motifs (C(OH)–C–C–N with tert-alkyl or cyclic N) is 1. The average molecular weight is 279 g/mol. The van der Waals surface area contributed by atoms with Crippen LogP contribution in [-0.4, -0.2) is 52.3 Å². The van der Waals surface area contributed by atoms with E-state index >= 15 is 0 Å². The maximum absolute atomic E-state index is 11.7. The monoisotopic (exact) mass is 279 g/mol. The van der Waals surface area contributed by atoms with Crippen molar-refractivity contribution in [1.29, 1.82) is 0 Å². The number of anilines is 1. The van der Waals surface area contributed by atoms with Crippen molar-refractivity contribution in [2.24, 2.45) is 0 Å². The summed E-state index contributed by atoms with van der Waals surface area (Å²) in [4.78, 5) is 28.5. The second-order valence-electron chi connectivity index (χ2n) is 4.65. The average Bonchev–Trinajstić information content (AvgIpc) is 2.81. The lowest BCUT2D eigenvalue weighted by molar-refractivity contribution is -0.138. The van der Waals surface area contributed by atoms with E-state index in [9.17, 15) is 19.8 Å². The van der Waals surface area contributed by atoms with Gasteiger partial charge in [0, 0.05) is 31.4 Å². The largest absolute Gasteiger partial charge is 0.480 e. The van der Waals surface area contributed by atoms with Crippen molar-refractivity contribution in [2.45, 2.75) is 25.5 Å². The number of hydrogen-bond acceptors (Lipinski definition) is 5. The van der Waals surface area contributed by atoms with Gasteiger partial charge in [-0.2, -0.15) is 0 Å². The molecule has 2 heterocycles. The van der Waals surface area contributed by atoms with Crippen LogP contribution in [0.3, 0.4) is 0 Å². The molecule has 2 rings (SSSR count). The Morgan fingerprint density at radius 2 is 2.30 bits per heavy atom. The SMILES string of the molecule is CCNC(=O)c1cc(N2CC(O)CC2C(=O)O)ccn1. The van der Waals surface area contributed by atoms with Gasteiger partial charge in [-0.15, -0.1) is 0 Å². The maximum atomic E-state index is 11.7. The Morgan fingerprint density at radius 1 is 1.55 bits per heavy atom. The molecule has 1 aliphatic heterocycles. The van der Waals surface area contributed by atoms with Crippen LogP contribution in [0, 0.1) is 0 Å². The number of carboxylic acids is 1. The first kappa shape index (κ1) is 14.3. The van der Waals surface area contributed by atoms with E-state index in [1.54, 1.807) is 24.0 Å². The van der Waals surface area contributed by atoms with E-state index in [0.29, 0.717) is 12.2 Å². The lowest BCUT2D eigenvalue weighted by atomic mass is 10.2. The highest BCUT2D eigenvalue weighted by Crippen LogP contribution is 2.26. The molecule has 7 heteroatoms. The predicted octanol–water partition coefficient (Wildman–Crippen LogP) is -0.145. The predicted molar refractivity (Wildman–Crippen MR) is 71.6 cm³/mol. The highest BCUT2D eigenvalue weighted by Gasteiger charge is 2.36. The molecule has 1 fully saturated rings.